The van der Waals surface area contributed by atoms with E-state index in [1.54, 1.807) is 15.7 Å². The largest absolute Gasteiger partial charge is 0.378 e. The topological polar surface area (TPSA) is 60.6 Å². The third kappa shape index (κ3) is 2.54. The Morgan fingerprint density at radius 2 is 1.95 bits per heavy atom. The maximum absolute atomic E-state index is 4.19. The van der Waals surface area contributed by atoms with Crippen molar-refractivity contribution < 1.29 is 0 Å². The molecule has 3 aromatic rings. The van der Waals surface area contributed by atoms with Crippen molar-refractivity contribution in [1.82, 2.24) is 24.5 Å². The number of nitrogens with one attached hydrogen (secondary N) is 1. The lowest BCUT2D eigenvalue weighted by molar-refractivity contribution is 0.765. The summed E-state index contributed by atoms with van der Waals surface area (Å²) in [4.78, 5) is 3.94. The Hall–Kier alpha value is -2.63. The second-order valence-corrected chi connectivity index (χ2v) is 4.70. The fraction of sp³-hybridized carbons (Fsp3) is 0.214. The van der Waals surface area contributed by atoms with Crippen LogP contribution in [0.4, 0.5) is 5.69 Å². The van der Waals surface area contributed by atoms with E-state index in [1.807, 2.05) is 43.7 Å². The van der Waals surface area contributed by atoms with Gasteiger partial charge in [0.05, 0.1) is 17.9 Å². The standard InChI is InChI=1S/C14H16N6/c1-11(12-7-16-19(2)8-12)18-13-3-5-14(6-4-13)20-10-15-9-17-20/h3-11,18H,1-2H3. The molecule has 0 fully saturated rings. The van der Waals surface area contributed by atoms with Crippen LogP contribution in [0.15, 0.2) is 49.3 Å². The van der Waals surface area contributed by atoms with Crippen molar-refractivity contribution >= 4 is 5.69 Å². The molecule has 0 saturated carbocycles. The molecule has 1 aromatic carbocycles. The van der Waals surface area contributed by atoms with Crippen LogP contribution in [0.25, 0.3) is 5.69 Å². The van der Waals surface area contributed by atoms with Crippen LogP contribution in [0, 0.1) is 0 Å². The van der Waals surface area contributed by atoms with E-state index in [2.05, 4.69) is 27.4 Å². The molecular formula is C14H16N6. The van der Waals surface area contributed by atoms with Gasteiger partial charge in [-0.25, -0.2) is 9.67 Å². The van der Waals surface area contributed by atoms with Crippen molar-refractivity contribution in [3.8, 4) is 5.69 Å². The summed E-state index contributed by atoms with van der Waals surface area (Å²) in [7, 11) is 1.92. The maximum Gasteiger partial charge on any atom is 0.138 e. The highest BCUT2D eigenvalue weighted by Gasteiger charge is 2.07. The van der Waals surface area contributed by atoms with Crippen molar-refractivity contribution in [3.05, 3.63) is 54.9 Å². The molecule has 0 radical (unpaired) electrons. The summed E-state index contributed by atoms with van der Waals surface area (Å²) in [5, 5.41) is 11.7. The van der Waals surface area contributed by atoms with Gasteiger partial charge in [0.15, 0.2) is 0 Å². The fourth-order valence-corrected chi connectivity index (χ4v) is 2.05. The van der Waals surface area contributed by atoms with Gasteiger partial charge in [0.2, 0.25) is 0 Å². The van der Waals surface area contributed by atoms with Crippen molar-refractivity contribution in [2.24, 2.45) is 7.05 Å². The van der Waals surface area contributed by atoms with Gasteiger partial charge in [0, 0.05) is 24.5 Å². The number of anilines is 1. The van der Waals surface area contributed by atoms with Gasteiger partial charge in [-0.1, -0.05) is 0 Å². The first-order chi connectivity index (χ1) is 9.72. The molecule has 1 atom stereocenters. The summed E-state index contributed by atoms with van der Waals surface area (Å²) < 4.78 is 3.54. The van der Waals surface area contributed by atoms with Crippen LogP contribution in [0.2, 0.25) is 0 Å². The highest BCUT2D eigenvalue weighted by Crippen LogP contribution is 2.19. The van der Waals surface area contributed by atoms with Crippen molar-refractivity contribution in [3.63, 3.8) is 0 Å². The lowest BCUT2D eigenvalue weighted by atomic mass is 10.2. The molecule has 2 heterocycles. The molecule has 102 valence electrons. The Balaban J connectivity index is 1.72. The first-order valence-corrected chi connectivity index (χ1v) is 6.42. The van der Waals surface area contributed by atoms with Gasteiger partial charge in [0.25, 0.3) is 0 Å². The molecular weight excluding hydrogens is 252 g/mol. The smallest absolute Gasteiger partial charge is 0.138 e. The van der Waals surface area contributed by atoms with Crippen LogP contribution in [0.1, 0.15) is 18.5 Å². The fourth-order valence-electron chi connectivity index (χ4n) is 2.05. The van der Waals surface area contributed by atoms with E-state index in [4.69, 9.17) is 0 Å². The summed E-state index contributed by atoms with van der Waals surface area (Å²) in [6.07, 6.45) is 7.10. The number of aryl methyl sites for hydroxylation is 1. The first-order valence-electron chi connectivity index (χ1n) is 6.42. The van der Waals surface area contributed by atoms with Crippen LogP contribution in [0.3, 0.4) is 0 Å². The molecule has 0 aliphatic carbocycles. The van der Waals surface area contributed by atoms with E-state index < -0.39 is 0 Å². The SMILES string of the molecule is CC(Nc1ccc(-n2cncn2)cc1)c1cnn(C)c1. The Morgan fingerprint density at radius 1 is 1.15 bits per heavy atom. The Bertz CT molecular complexity index is 668. The number of benzene rings is 1. The van der Waals surface area contributed by atoms with Crippen molar-refractivity contribution in [2.75, 3.05) is 5.32 Å². The van der Waals surface area contributed by atoms with E-state index in [-0.39, 0.29) is 6.04 Å². The van der Waals surface area contributed by atoms with Crippen LogP contribution in [-0.4, -0.2) is 24.5 Å². The average Bonchev–Trinajstić information content (AvgIpc) is 3.10. The monoisotopic (exact) mass is 268 g/mol. The van der Waals surface area contributed by atoms with Crippen molar-refractivity contribution in [1.29, 1.82) is 0 Å². The molecule has 0 spiro atoms. The lowest BCUT2D eigenvalue weighted by Gasteiger charge is -2.14. The molecule has 0 bridgehead atoms. The molecule has 0 aliphatic heterocycles. The first kappa shape index (κ1) is 12.4. The minimum atomic E-state index is 0.209. The highest BCUT2D eigenvalue weighted by atomic mass is 15.3. The zero-order chi connectivity index (χ0) is 13.9. The van der Waals surface area contributed by atoms with Gasteiger partial charge >= 0.3 is 0 Å². The molecule has 0 amide bonds. The van der Waals surface area contributed by atoms with Crippen LogP contribution >= 0.6 is 0 Å². The molecule has 2 aromatic heterocycles. The second-order valence-electron chi connectivity index (χ2n) is 4.70. The predicted molar refractivity (Wildman–Crippen MR) is 76.6 cm³/mol. The van der Waals surface area contributed by atoms with E-state index in [0.29, 0.717) is 0 Å². The number of hydrogen-bond donors (Lipinski definition) is 1. The number of nitrogens with zero attached hydrogens (tertiary/aromatic N) is 5. The van der Waals surface area contributed by atoms with Gasteiger partial charge < -0.3 is 5.32 Å². The summed E-state index contributed by atoms with van der Waals surface area (Å²) in [6, 6.07) is 8.29. The normalized spacial score (nSPS) is 12.3. The molecule has 1 unspecified atom stereocenters. The maximum atomic E-state index is 4.19. The van der Waals surface area contributed by atoms with Crippen molar-refractivity contribution in [2.45, 2.75) is 13.0 Å². The zero-order valence-corrected chi connectivity index (χ0v) is 11.4. The van der Waals surface area contributed by atoms with Crippen LogP contribution in [-0.2, 0) is 7.05 Å². The summed E-state index contributed by atoms with van der Waals surface area (Å²) in [5.74, 6) is 0. The third-order valence-corrected chi connectivity index (χ3v) is 3.16. The third-order valence-electron chi connectivity index (χ3n) is 3.16. The summed E-state index contributed by atoms with van der Waals surface area (Å²) in [6.45, 7) is 2.11. The van der Waals surface area contributed by atoms with Gasteiger partial charge in [-0.15, -0.1) is 0 Å². The van der Waals surface area contributed by atoms with Gasteiger partial charge in [-0.3, -0.25) is 4.68 Å². The Morgan fingerprint density at radius 3 is 2.55 bits per heavy atom. The molecule has 3 rings (SSSR count). The van der Waals surface area contributed by atoms with E-state index >= 15 is 0 Å². The average molecular weight is 268 g/mol. The minimum absolute atomic E-state index is 0.209. The molecule has 0 saturated heterocycles. The molecule has 6 nitrogen and oxygen atoms in total. The van der Waals surface area contributed by atoms with Gasteiger partial charge in [-0.05, 0) is 31.2 Å². The zero-order valence-electron chi connectivity index (χ0n) is 11.4. The van der Waals surface area contributed by atoms with E-state index in [0.717, 1.165) is 16.9 Å². The Labute approximate surface area is 117 Å². The predicted octanol–water partition coefficient (Wildman–Crippen LogP) is 2.17. The highest BCUT2D eigenvalue weighted by molar-refractivity contribution is 5.49. The molecule has 6 heteroatoms. The number of hydrogen-bond acceptors (Lipinski definition) is 4. The van der Waals surface area contributed by atoms with Gasteiger partial charge in [-0.2, -0.15) is 10.2 Å². The van der Waals surface area contributed by atoms with E-state index in [9.17, 15) is 0 Å². The van der Waals surface area contributed by atoms with E-state index in [1.165, 1.54) is 6.33 Å². The number of rotatable bonds is 4. The second kappa shape index (κ2) is 5.16. The summed E-state index contributed by atoms with van der Waals surface area (Å²) in [5.41, 5.74) is 3.21. The summed E-state index contributed by atoms with van der Waals surface area (Å²) >= 11 is 0. The minimum Gasteiger partial charge on any atom is -0.378 e. The quantitative estimate of drug-likeness (QED) is 0.787. The van der Waals surface area contributed by atoms with Gasteiger partial charge in [0.1, 0.15) is 12.7 Å². The molecule has 1 N–H and O–H groups in total. The van der Waals surface area contributed by atoms with Crippen LogP contribution in [0.5, 0.6) is 0 Å². The molecule has 0 aliphatic rings. The Kier molecular flexibility index (Phi) is 3.20. The lowest BCUT2D eigenvalue weighted by Crippen LogP contribution is -2.06. The van der Waals surface area contributed by atoms with Crippen LogP contribution < -0.4 is 5.32 Å². The number of aromatic nitrogens is 5. The molecule has 20 heavy (non-hydrogen) atoms.